The third-order valence-electron chi connectivity index (χ3n) is 2.81. The van der Waals surface area contributed by atoms with Crippen molar-refractivity contribution in [2.75, 3.05) is 20.7 Å². The van der Waals surface area contributed by atoms with E-state index in [9.17, 15) is 4.79 Å². The van der Waals surface area contributed by atoms with Crippen LogP contribution in [0.5, 0.6) is 5.75 Å². The number of carboxylic acid groups (broad SMARTS) is 1. The molecule has 0 amide bonds. The van der Waals surface area contributed by atoms with Gasteiger partial charge in [0.1, 0.15) is 11.3 Å². The lowest BCUT2D eigenvalue weighted by Crippen LogP contribution is -2.28. The van der Waals surface area contributed by atoms with Gasteiger partial charge in [0.15, 0.2) is 0 Å². The number of likely N-dealkylation sites (N-methyl/N-ethyl adjacent to an activating group) is 1. The first kappa shape index (κ1) is 10.9. The second-order valence-electron chi connectivity index (χ2n) is 3.92. The summed E-state index contributed by atoms with van der Waals surface area (Å²) in [5, 5.41) is 9.02. The van der Waals surface area contributed by atoms with Gasteiger partial charge in [-0.3, -0.25) is 4.98 Å². The Morgan fingerprint density at radius 2 is 2.38 bits per heavy atom. The topological polar surface area (TPSA) is 62.7 Å². The van der Waals surface area contributed by atoms with E-state index in [-0.39, 0.29) is 5.56 Å². The number of methoxy groups -OCH3 is 1. The van der Waals surface area contributed by atoms with Crippen molar-refractivity contribution < 1.29 is 14.6 Å². The molecule has 5 heteroatoms. The maximum atomic E-state index is 11.0. The number of aromatic carboxylic acids is 1. The molecule has 0 bridgehead atoms. The summed E-state index contributed by atoms with van der Waals surface area (Å²) in [6.45, 7) is 1.64. The zero-order valence-corrected chi connectivity index (χ0v) is 9.36. The highest BCUT2D eigenvalue weighted by Crippen LogP contribution is 2.29. The zero-order valence-electron chi connectivity index (χ0n) is 9.36. The van der Waals surface area contributed by atoms with E-state index in [0.717, 1.165) is 30.8 Å². The predicted molar refractivity (Wildman–Crippen MR) is 57.8 cm³/mol. The number of ether oxygens (including phenoxy) is 1. The number of carbonyl (C=O) groups is 1. The molecule has 1 N–H and O–H groups in total. The maximum absolute atomic E-state index is 11.0. The third-order valence-corrected chi connectivity index (χ3v) is 2.81. The van der Waals surface area contributed by atoms with Crippen LogP contribution in [0, 0.1) is 0 Å². The van der Waals surface area contributed by atoms with Gasteiger partial charge >= 0.3 is 5.97 Å². The molecule has 0 aromatic carbocycles. The summed E-state index contributed by atoms with van der Waals surface area (Å²) < 4.78 is 5.20. The van der Waals surface area contributed by atoms with Crippen LogP contribution in [-0.4, -0.2) is 41.7 Å². The molecule has 0 spiro atoms. The van der Waals surface area contributed by atoms with Crippen LogP contribution < -0.4 is 4.74 Å². The Hall–Kier alpha value is -1.62. The van der Waals surface area contributed by atoms with Crippen molar-refractivity contribution in [1.82, 2.24) is 9.88 Å². The molecule has 0 fully saturated rings. The fourth-order valence-corrected chi connectivity index (χ4v) is 1.99. The normalized spacial score (nSPS) is 15.6. The van der Waals surface area contributed by atoms with E-state index in [4.69, 9.17) is 9.84 Å². The first-order valence-corrected chi connectivity index (χ1v) is 5.10. The molecule has 2 heterocycles. The first-order chi connectivity index (χ1) is 7.63. The van der Waals surface area contributed by atoms with E-state index in [2.05, 4.69) is 9.88 Å². The number of hydrogen-bond donors (Lipinski definition) is 1. The van der Waals surface area contributed by atoms with Gasteiger partial charge in [-0.2, -0.15) is 0 Å². The van der Waals surface area contributed by atoms with E-state index in [0.29, 0.717) is 5.75 Å². The molecule has 0 aliphatic carbocycles. The number of rotatable bonds is 2. The van der Waals surface area contributed by atoms with Gasteiger partial charge in [-0.15, -0.1) is 0 Å². The quantitative estimate of drug-likeness (QED) is 0.801. The molecule has 2 rings (SSSR count). The Labute approximate surface area is 93.7 Å². The summed E-state index contributed by atoms with van der Waals surface area (Å²) in [5.74, 6) is -0.531. The average molecular weight is 222 g/mol. The Balaban J connectivity index is 2.52. The van der Waals surface area contributed by atoms with Crippen molar-refractivity contribution >= 4 is 5.97 Å². The van der Waals surface area contributed by atoms with Gasteiger partial charge in [-0.25, -0.2) is 4.79 Å². The number of carboxylic acids is 1. The van der Waals surface area contributed by atoms with Gasteiger partial charge in [0, 0.05) is 24.8 Å². The largest absolute Gasteiger partial charge is 0.495 e. The number of aromatic nitrogens is 1. The lowest BCUT2D eigenvalue weighted by atomic mass is 10.0. The Bertz CT molecular complexity index is 431. The number of nitrogens with zero attached hydrogens (tertiary/aromatic N) is 2. The predicted octanol–water partition coefficient (Wildman–Crippen LogP) is 0.776. The molecule has 1 aliphatic heterocycles. The second-order valence-corrected chi connectivity index (χ2v) is 3.92. The van der Waals surface area contributed by atoms with Gasteiger partial charge in [-0.05, 0) is 13.5 Å². The first-order valence-electron chi connectivity index (χ1n) is 5.10. The summed E-state index contributed by atoms with van der Waals surface area (Å²) in [4.78, 5) is 17.3. The minimum atomic E-state index is -0.994. The minimum absolute atomic E-state index is 0.144. The van der Waals surface area contributed by atoms with Crippen LogP contribution in [0.3, 0.4) is 0 Å². The fourth-order valence-electron chi connectivity index (χ4n) is 1.99. The minimum Gasteiger partial charge on any atom is -0.495 e. The van der Waals surface area contributed by atoms with Gasteiger partial charge in [0.25, 0.3) is 0 Å². The molecular weight excluding hydrogens is 208 g/mol. The molecule has 5 nitrogen and oxygen atoms in total. The second kappa shape index (κ2) is 4.09. The van der Waals surface area contributed by atoms with Crippen molar-refractivity contribution in [3.8, 4) is 5.75 Å². The van der Waals surface area contributed by atoms with Crippen LogP contribution in [0.2, 0.25) is 0 Å². The van der Waals surface area contributed by atoms with Gasteiger partial charge in [-0.1, -0.05) is 0 Å². The zero-order chi connectivity index (χ0) is 11.7. The number of pyridine rings is 1. The smallest absolute Gasteiger partial charge is 0.341 e. The van der Waals surface area contributed by atoms with Crippen LogP contribution in [0.25, 0.3) is 0 Å². The van der Waals surface area contributed by atoms with Crippen LogP contribution in [0.1, 0.15) is 21.6 Å². The molecule has 0 saturated heterocycles. The highest BCUT2D eigenvalue weighted by molar-refractivity contribution is 5.91. The molecular formula is C11H14N2O3. The van der Waals surface area contributed by atoms with Crippen molar-refractivity contribution in [2.24, 2.45) is 0 Å². The Morgan fingerprint density at radius 3 is 3.00 bits per heavy atom. The van der Waals surface area contributed by atoms with Crippen molar-refractivity contribution in [3.63, 3.8) is 0 Å². The molecule has 16 heavy (non-hydrogen) atoms. The van der Waals surface area contributed by atoms with Crippen molar-refractivity contribution in [1.29, 1.82) is 0 Å². The van der Waals surface area contributed by atoms with Gasteiger partial charge in [0.05, 0.1) is 12.8 Å². The summed E-state index contributed by atoms with van der Waals surface area (Å²) in [6.07, 6.45) is 2.16. The molecule has 0 atom stereocenters. The number of hydrogen-bond acceptors (Lipinski definition) is 4. The Kier molecular flexibility index (Phi) is 2.78. The van der Waals surface area contributed by atoms with Crippen molar-refractivity contribution in [3.05, 3.63) is 23.0 Å². The maximum Gasteiger partial charge on any atom is 0.341 e. The molecule has 0 unspecified atom stereocenters. The molecule has 0 radical (unpaired) electrons. The molecule has 1 aliphatic rings. The molecule has 0 saturated carbocycles. The van der Waals surface area contributed by atoms with E-state index in [1.165, 1.54) is 13.3 Å². The standard InChI is InChI=1S/C11H14N2O3/c1-13-4-3-7-9(6-13)12-5-8(11(14)15)10(7)16-2/h5H,3-4,6H2,1-2H3,(H,14,15). The van der Waals surface area contributed by atoms with E-state index < -0.39 is 5.97 Å². The van der Waals surface area contributed by atoms with Crippen LogP contribution in [0.4, 0.5) is 0 Å². The lowest BCUT2D eigenvalue weighted by molar-refractivity contribution is 0.0692. The summed E-state index contributed by atoms with van der Waals surface area (Å²) in [7, 11) is 3.52. The highest BCUT2D eigenvalue weighted by atomic mass is 16.5. The number of fused-ring (bicyclic) bond motifs is 1. The van der Waals surface area contributed by atoms with Crippen LogP contribution in [-0.2, 0) is 13.0 Å². The van der Waals surface area contributed by atoms with Crippen LogP contribution >= 0.6 is 0 Å². The lowest BCUT2D eigenvalue weighted by Gasteiger charge is -2.25. The molecule has 1 aromatic heterocycles. The van der Waals surface area contributed by atoms with Gasteiger partial charge in [0.2, 0.25) is 0 Å². The Morgan fingerprint density at radius 1 is 1.62 bits per heavy atom. The molecule has 86 valence electrons. The summed E-state index contributed by atoms with van der Waals surface area (Å²) >= 11 is 0. The van der Waals surface area contributed by atoms with E-state index in [1.54, 1.807) is 0 Å². The fraction of sp³-hybridized carbons (Fsp3) is 0.455. The van der Waals surface area contributed by atoms with E-state index >= 15 is 0 Å². The van der Waals surface area contributed by atoms with Gasteiger partial charge < -0.3 is 14.7 Å². The SMILES string of the molecule is COc1c(C(=O)O)cnc2c1CCN(C)C2. The van der Waals surface area contributed by atoms with Crippen molar-refractivity contribution in [2.45, 2.75) is 13.0 Å². The monoisotopic (exact) mass is 222 g/mol. The molecule has 1 aromatic rings. The van der Waals surface area contributed by atoms with E-state index in [1.807, 2.05) is 7.05 Å². The summed E-state index contributed by atoms with van der Waals surface area (Å²) in [6, 6.07) is 0. The third kappa shape index (κ3) is 1.74. The summed E-state index contributed by atoms with van der Waals surface area (Å²) in [5.41, 5.74) is 1.99. The highest BCUT2D eigenvalue weighted by Gasteiger charge is 2.23. The average Bonchev–Trinajstić information content (AvgIpc) is 2.26. The van der Waals surface area contributed by atoms with Crippen LogP contribution in [0.15, 0.2) is 6.20 Å².